The summed E-state index contributed by atoms with van der Waals surface area (Å²) in [4.78, 5) is 81.6. The van der Waals surface area contributed by atoms with Crippen molar-refractivity contribution in [1.82, 2.24) is 30.6 Å². The van der Waals surface area contributed by atoms with Crippen LogP contribution in [0, 0.1) is 13.8 Å². The van der Waals surface area contributed by atoms with Crippen LogP contribution in [0.5, 0.6) is 0 Å². The summed E-state index contributed by atoms with van der Waals surface area (Å²) in [7, 11) is 0. The lowest BCUT2D eigenvalue weighted by Gasteiger charge is -2.21. The number of hydrogen-bond acceptors (Lipinski definition) is 9. The topological polar surface area (TPSA) is 238 Å². The Morgan fingerprint density at radius 3 is 2.03 bits per heavy atom. The van der Waals surface area contributed by atoms with Gasteiger partial charge in [-0.15, -0.1) is 0 Å². The zero-order valence-corrected chi connectivity index (χ0v) is 41.7. The minimum atomic E-state index is -1.07. The second kappa shape index (κ2) is 21.1. The zero-order chi connectivity index (χ0) is 51.4. The first kappa shape index (κ1) is 50.4. The van der Waals surface area contributed by atoms with Gasteiger partial charge in [-0.25, -0.2) is 19.6 Å². The van der Waals surface area contributed by atoms with Gasteiger partial charge in [0.2, 0.25) is 5.91 Å². The molecule has 16 heteroatoms. The van der Waals surface area contributed by atoms with Gasteiger partial charge >= 0.3 is 24.1 Å². The van der Waals surface area contributed by atoms with Crippen molar-refractivity contribution in [3.8, 4) is 11.1 Å². The molecule has 3 amide bonds. The molecule has 1 unspecified atom stereocenters. The number of aryl methyl sites for hydroxylation is 3. The lowest BCUT2D eigenvalue weighted by molar-refractivity contribution is -0.137. The zero-order valence-electron chi connectivity index (χ0n) is 41.7. The van der Waals surface area contributed by atoms with Crippen molar-refractivity contribution in [2.75, 3.05) is 18.5 Å². The number of aromatic amines is 2. The minimum absolute atomic E-state index is 0.0476. The van der Waals surface area contributed by atoms with Gasteiger partial charge in [0, 0.05) is 41.9 Å². The summed E-state index contributed by atoms with van der Waals surface area (Å²) < 4.78 is 11.3. The number of H-pyrrole nitrogens is 2. The number of amides is 3. The molecule has 5 heterocycles. The third kappa shape index (κ3) is 11.4. The van der Waals surface area contributed by atoms with E-state index in [1.165, 1.54) is 0 Å². The molecule has 3 aliphatic rings. The van der Waals surface area contributed by atoms with E-state index >= 15 is 0 Å². The lowest BCUT2D eigenvalue weighted by Crippen LogP contribution is -2.44. The molecule has 374 valence electrons. The summed E-state index contributed by atoms with van der Waals surface area (Å²) in [5.41, 5.74) is 13.7. The molecule has 5 aromatic rings. The van der Waals surface area contributed by atoms with E-state index in [0.717, 1.165) is 50.0 Å². The van der Waals surface area contributed by atoms with Gasteiger partial charge in [0.25, 0.3) is 0 Å². The molecule has 1 aliphatic carbocycles. The second-order valence-corrected chi connectivity index (χ2v) is 19.5. The number of benzene rings is 2. The molecule has 2 aliphatic heterocycles. The van der Waals surface area contributed by atoms with Gasteiger partial charge < -0.3 is 45.6 Å². The molecular weight excluding hydrogens is 915 g/mol. The number of fused-ring (bicyclic) bond motifs is 11. The highest BCUT2D eigenvalue weighted by Gasteiger charge is 2.31. The van der Waals surface area contributed by atoms with Gasteiger partial charge in [-0.2, -0.15) is 0 Å². The number of rotatable bonds is 16. The third-order valence-corrected chi connectivity index (χ3v) is 13.3. The van der Waals surface area contributed by atoms with Crippen molar-refractivity contribution >= 4 is 80.6 Å². The van der Waals surface area contributed by atoms with Crippen LogP contribution in [0.15, 0.2) is 72.8 Å². The Kier molecular flexibility index (Phi) is 14.8. The maximum absolute atomic E-state index is 14.7. The fourth-order valence-corrected chi connectivity index (χ4v) is 9.56. The first-order chi connectivity index (χ1) is 34.3. The van der Waals surface area contributed by atoms with Crippen molar-refractivity contribution in [1.29, 1.82) is 0 Å². The Bertz CT molecular complexity index is 3180. The van der Waals surface area contributed by atoms with E-state index in [9.17, 15) is 34.2 Å². The van der Waals surface area contributed by atoms with Crippen molar-refractivity contribution in [2.45, 2.75) is 111 Å². The molecule has 1 atom stereocenters. The number of anilines is 1. The summed E-state index contributed by atoms with van der Waals surface area (Å²) in [5.74, 6) is -2.61. The fourth-order valence-electron chi connectivity index (χ4n) is 9.56. The smallest absolute Gasteiger partial charge is 0.407 e. The van der Waals surface area contributed by atoms with Crippen molar-refractivity contribution < 1.29 is 43.7 Å². The average Bonchev–Trinajstić information content (AvgIpc) is 4.08. The number of alkyl carbamates (subject to hydrolysis) is 2. The van der Waals surface area contributed by atoms with Crippen molar-refractivity contribution in [3.05, 3.63) is 123 Å². The average molecular weight is 976 g/mol. The first-order valence-electron chi connectivity index (χ1n) is 24.3. The van der Waals surface area contributed by atoms with Crippen LogP contribution in [0.25, 0.3) is 56.0 Å². The van der Waals surface area contributed by atoms with Crippen LogP contribution in [0.1, 0.15) is 130 Å². The highest BCUT2D eigenvalue weighted by molar-refractivity contribution is 6.03. The maximum atomic E-state index is 14.7. The van der Waals surface area contributed by atoms with E-state index < -0.39 is 41.7 Å². The quantitative estimate of drug-likeness (QED) is 0.0459. The van der Waals surface area contributed by atoms with E-state index in [2.05, 4.69) is 38.1 Å². The van der Waals surface area contributed by atoms with E-state index in [-0.39, 0.29) is 51.2 Å². The van der Waals surface area contributed by atoms with Gasteiger partial charge in [-0.3, -0.25) is 14.4 Å². The monoisotopic (exact) mass is 975 g/mol. The summed E-state index contributed by atoms with van der Waals surface area (Å²) in [5, 5.41) is 28.2. The number of aromatic nitrogens is 4. The number of carboxylic acids is 2. The summed E-state index contributed by atoms with van der Waals surface area (Å²) >= 11 is 0. The van der Waals surface area contributed by atoms with E-state index in [1.54, 1.807) is 26.8 Å². The van der Waals surface area contributed by atoms with Gasteiger partial charge in [0.05, 0.1) is 34.0 Å². The number of nitrogens with one attached hydrogen (secondary N) is 5. The number of carboxylic acid groups (broad SMARTS) is 2. The fraction of sp³-hybridized carbons (Fsp3) is 0.339. The Morgan fingerprint density at radius 1 is 0.722 bits per heavy atom. The molecule has 72 heavy (non-hydrogen) atoms. The summed E-state index contributed by atoms with van der Waals surface area (Å²) in [6.45, 7) is 13.3. The predicted molar refractivity (Wildman–Crippen MR) is 278 cm³/mol. The predicted octanol–water partition coefficient (Wildman–Crippen LogP) is 10.8. The SMILES string of the molecule is CC1=Cc2cc3[nH]c(cc4nc(cc5[nH]c(cc1n2)c(C)c5CCC(=O)O)C(CCC(=O)O)=C4C)c(NC(=O)C(CCCCNC(=O)OC(C)(C)C)NC(=O)OCC1c2ccccc2-c2ccccc21)c3C. The number of unbranched alkanes of at least 4 members (excludes halogenated alkanes) is 1. The lowest BCUT2D eigenvalue weighted by atomic mass is 9.98. The van der Waals surface area contributed by atoms with Gasteiger partial charge in [0.1, 0.15) is 18.2 Å². The van der Waals surface area contributed by atoms with Crippen LogP contribution >= 0.6 is 0 Å². The Morgan fingerprint density at radius 2 is 1.35 bits per heavy atom. The van der Waals surface area contributed by atoms with E-state index in [4.69, 9.17) is 19.4 Å². The summed E-state index contributed by atoms with van der Waals surface area (Å²) in [6.07, 6.45) is 1.95. The normalized spacial score (nSPS) is 13.5. The molecule has 0 fully saturated rings. The molecule has 2 aromatic carbocycles. The van der Waals surface area contributed by atoms with Crippen LogP contribution in [0.2, 0.25) is 0 Å². The van der Waals surface area contributed by atoms with Crippen LogP contribution in [0.4, 0.5) is 15.3 Å². The number of allylic oxidation sites excluding steroid dienone is 3. The Balaban J connectivity index is 1.16. The van der Waals surface area contributed by atoms with Gasteiger partial charge in [-0.1, -0.05) is 48.5 Å². The largest absolute Gasteiger partial charge is 0.481 e. The second-order valence-electron chi connectivity index (χ2n) is 19.5. The third-order valence-electron chi connectivity index (χ3n) is 13.3. The molecule has 0 spiro atoms. The van der Waals surface area contributed by atoms with Crippen LogP contribution in [0.3, 0.4) is 0 Å². The number of nitrogens with zero attached hydrogens (tertiary/aromatic N) is 2. The first-order valence-corrected chi connectivity index (χ1v) is 24.3. The number of carbonyl (C=O) groups excluding carboxylic acids is 3. The standard InChI is InChI=1S/C56H61N7O9/c1-30-24-34-25-44-33(4)52(49(61-44)27-46-32(3)36(20-22-51(66)67)48(60-46)28-47-35(19-21-50(64)65)31(2)45(59-47)26-43(30)58-34)63-53(68)42(18-12-13-23-57-54(69)72-56(5,6)7)62-55(70)71-29-41-39-16-10-8-14-37(39)38-15-9-11-17-40(38)41/h8-11,14-17,24-28,41-42,59,61H,12-13,18-23,29H2,1-7H3,(H,57,69)(H,62,70)(H,63,68)(H,64,65)(H,66,67). The number of carbonyl (C=O) groups is 5. The minimum Gasteiger partial charge on any atom is -0.481 e. The van der Waals surface area contributed by atoms with E-state index in [0.29, 0.717) is 69.0 Å². The molecule has 7 N–H and O–H groups in total. The molecule has 8 rings (SSSR count). The number of ether oxygens (including phenoxy) is 2. The van der Waals surface area contributed by atoms with Crippen molar-refractivity contribution in [3.63, 3.8) is 0 Å². The number of hydrogen-bond donors (Lipinski definition) is 7. The Hall–Kier alpha value is -8.01. The Labute approximate surface area is 417 Å². The molecule has 3 aromatic heterocycles. The molecule has 0 saturated carbocycles. The molecule has 8 bridgehead atoms. The highest BCUT2D eigenvalue weighted by atomic mass is 16.6. The van der Waals surface area contributed by atoms with Crippen LogP contribution in [-0.2, 0) is 30.3 Å². The van der Waals surface area contributed by atoms with E-state index in [1.807, 2.05) is 88.4 Å². The van der Waals surface area contributed by atoms with Crippen LogP contribution < -0.4 is 16.0 Å². The van der Waals surface area contributed by atoms with Crippen molar-refractivity contribution in [2.24, 2.45) is 0 Å². The van der Waals surface area contributed by atoms with Gasteiger partial charge in [-0.05, 0) is 167 Å². The number of aliphatic carboxylic acids is 2. The molecular formula is C56H61N7O9. The molecule has 16 nitrogen and oxygen atoms in total. The summed E-state index contributed by atoms with van der Waals surface area (Å²) in [6, 6.07) is 22.5. The van der Waals surface area contributed by atoms with Gasteiger partial charge in [0.15, 0.2) is 0 Å². The highest BCUT2D eigenvalue weighted by Crippen LogP contribution is 2.44. The maximum Gasteiger partial charge on any atom is 0.407 e. The molecule has 0 saturated heterocycles. The molecule has 0 radical (unpaired) electrons. The van der Waals surface area contributed by atoms with Crippen LogP contribution in [-0.4, -0.2) is 85.0 Å².